The quantitative estimate of drug-likeness (QED) is 0.607. The van der Waals surface area contributed by atoms with Crippen LogP contribution in [-0.4, -0.2) is 6.29 Å². The summed E-state index contributed by atoms with van der Waals surface area (Å²) in [7, 11) is 0. The van der Waals surface area contributed by atoms with Crippen LogP contribution in [0.4, 0.5) is 0 Å². The number of hydrogen-bond acceptors (Lipinski definition) is 1. The van der Waals surface area contributed by atoms with Crippen LogP contribution < -0.4 is 0 Å². The van der Waals surface area contributed by atoms with E-state index in [0.717, 1.165) is 25.5 Å². The van der Waals surface area contributed by atoms with Crippen molar-refractivity contribution in [1.82, 2.24) is 0 Å². The van der Waals surface area contributed by atoms with E-state index in [1.54, 1.807) is 0 Å². The van der Waals surface area contributed by atoms with Gasteiger partial charge in [0.1, 0.15) is 6.29 Å². The minimum Gasteiger partial charge on any atom is -0.303 e. The van der Waals surface area contributed by atoms with Gasteiger partial charge in [0, 0.05) is 5.92 Å². The highest BCUT2D eigenvalue weighted by molar-refractivity contribution is 5.53. The van der Waals surface area contributed by atoms with Crippen molar-refractivity contribution in [2.75, 3.05) is 0 Å². The molecule has 0 aromatic heterocycles. The van der Waals surface area contributed by atoms with Crippen molar-refractivity contribution in [1.29, 1.82) is 0 Å². The van der Waals surface area contributed by atoms with E-state index in [9.17, 15) is 4.79 Å². The molecule has 0 amide bonds. The number of carbonyl (C=O) groups is 1. The molecule has 1 heteroatoms. The third-order valence-corrected chi connectivity index (χ3v) is 1.86. The largest absolute Gasteiger partial charge is 0.303 e. The summed E-state index contributed by atoms with van der Waals surface area (Å²) in [6, 6.07) is 0. The van der Waals surface area contributed by atoms with Crippen molar-refractivity contribution in [3.8, 4) is 0 Å². The molecule has 0 fully saturated rings. The Kier molecular flexibility index (Phi) is 7.27. The van der Waals surface area contributed by atoms with E-state index in [0.29, 0.717) is 0 Å². The Morgan fingerprint density at radius 2 is 2.15 bits per heavy atom. The van der Waals surface area contributed by atoms with E-state index in [-0.39, 0.29) is 5.92 Å². The first kappa shape index (κ1) is 12.2. The van der Waals surface area contributed by atoms with Crippen molar-refractivity contribution in [3.05, 3.63) is 23.8 Å². The fourth-order valence-electron chi connectivity index (χ4n) is 1.24. The normalized spacial score (nSPS) is 16.7. The van der Waals surface area contributed by atoms with Gasteiger partial charge in [-0.3, -0.25) is 0 Å². The summed E-state index contributed by atoms with van der Waals surface area (Å²) in [5.74, 6) is 0.170. The number of allylic oxidation sites excluding steroid dienone is 4. The average molecular weight is 180 g/mol. The fraction of sp³-hybridized carbons (Fsp3) is 0.583. The van der Waals surface area contributed by atoms with Crippen LogP contribution in [0.1, 0.15) is 40.0 Å². The highest BCUT2D eigenvalue weighted by Gasteiger charge is 2.03. The van der Waals surface area contributed by atoms with Crippen molar-refractivity contribution >= 4 is 6.29 Å². The van der Waals surface area contributed by atoms with Crippen LogP contribution >= 0.6 is 0 Å². The zero-order chi connectivity index (χ0) is 10.1. The third kappa shape index (κ3) is 5.40. The number of rotatable bonds is 3. The highest BCUT2D eigenvalue weighted by atomic mass is 16.1. The molecule has 1 aliphatic carbocycles. The Hall–Kier alpha value is -0.850. The summed E-state index contributed by atoms with van der Waals surface area (Å²) in [6.07, 6.45) is 10.7. The van der Waals surface area contributed by atoms with Crippen LogP contribution in [0, 0.1) is 5.92 Å². The first-order valence-electron chi connectivity index (χ1n) is 5.14. The minimum absolute atomic E-state index is 0.170. The molecular weight excluding hydrogens is 160 g/mol. The molecule has 0 radical (unpaired) electrons. The van der Waals surface area contributed by atoms with Gasteiger partial charge in [-0.05, 0) is 19.3 Å². The molecule has 1 rings (SSSR count). The molecule has 0 heterocycles. The summed E-state index contributed by atoms with van der Waals surface area (Å²) < 4.78 is 0. The fourth-order valence-corrected chi connectivity index (χ4v) is 1.24. The maximum Gasteiger partial charge on any atom is 0.123 e. The molecule has 0 saturated carbocycles. The lowest BCUT2D eigenvalue weighted by atomic mass is 9.98. The van der Waals surface area contributed by atoms with E-state index in [2.05, 4.69) is 18.2 Å². The third-order valence-electron chi connectivity index (χ3n) is 1.86. The minimum atomic E-state index is 0.170. The highest BCUT2D eigenvalue weighted by Crippen LogP contribution is 2.16. The lowest BCUT2D eigenvalue weighted by Gasteiger charge is -2.07. The second kappa shape index (κ2) is 7.78. The molecular formula is C12H20O. The molecule has 74 valence electrons. The van der Waals surface area contributed by atoms with E-state index in [1.807, 2.05) is 20.8 Å². The molecule has 0 spiro atoms. The first-order chi connectivity index (χ1) is 6.33. The van der Waals surface area contributed by atoms with Gasteiger partial charge >= 0.3 is 0 Å². The first-order valence-corrected chi connectivity index (χ1v) is 5.14. The molecule has 0 unspecified atom stereocenters. The predicted molar refractivity (Wildman–Crippen MR) is 57.7 cm³/mol. The van der Waals surface area contributed by atoms with Gasteiger partial charge in [0.05, 0.1) is 0 Å². The summed E-state index contributed by atoms with van der Waals surface area (Å²) in [5, 5.41) is 0. The monoisotopic (exact) mass is 180 g/mol. The van der Waals surface area contributed by atoms with Gasteiger partial charge in [-0.2, -0.15) is 0 Å². The summed E-state index contributed by atoms with van der Waals surface area (Å²) >= 11 is 0. The molecule has 0 aromatic carbocycles. The Bertz CT molecular complexity index is 189. The Labute approximate surface area is 81.5 Å². The maximum absolute atomic E-state index is 10.3. The lowest BCUT2D eigenvalue weighted by molar-refractivity contribution is -0.110. The van der Waals surface area contributed by atoms with E-state index in [1.165, 1.54) is 5.57 Å². The van der Waals surface area contributed by atoms with E-state index < -0.39 is 0 Å². The molecule has 0 bridgehead atoms. The molecule has 0 aromatic rings. The smallest absolute Gasteiger partial charge is 0.123 e. The molecule has 0 saturated heterocycles. The zero-order valence-electron chi connectivity index (χ0n) is 8.92. The Morgan fingerprint density at radius 1 is 1.46 bits per heavy atom. The van der Waals surface area contributed by atoms with Gasteiger partial charge in [0.2, 0.25) is 0 Å². The van der Waals surface area contributed by atoms with Crippen LogP contribution in [0.2, 0.25) is 0 Å². The van der Waals surface area contributed by atoms with Crippen molar-refractivity contribution in [2.24, 2.45) is 5.92 Å². The van der Waals surface area contributed by atoms with E-state index in [4.69, 9.17) is 0 Å². The van der Waals surface area contributed by atoms with Gasteiger partial charge in [-0.15, -0.1) is 0 Å². The van der Waals surface area contributed by atoms with Crippen LogP contribution in [-0.2, 0) is 4.79 Å². The Balaban J connectivity index is 0.000000671. The van der Waals surface area contributed by atoms with Crippen molar-refractivity contribution < 1.29 is 4.79 Å². The van der Waals surface area contributed by atoms with Crippen LogP contribution in [0.3, 0.4) is 0 Å². The second-order valence-corrected chi connectivity index (χ2v) is 3.08. The van der Waals surface area contributed by atoms with Gasteiger partial charge in [0.25, 0.3) is 0 Å². The van der Waals surface area contributed by atoms with E-state index >= 15 is 0 Å². The Morgan fingerprint density at radius 3 is 2.62 bits per heavy atom. The number of aldehydes is 1. The second-order valence-electron chi connectivity index (χ2n) is 3.08. The summed E-state index contributed by atoms with van der Waals surface area (Å²) in [5.41, 5.74) is 1.32. The predicted octanol–water partition coefficient (Wildman–Crippen LogP) is 3.51. The number of carbonyl (C=O) groups excluding carboxylic acids is 1. The van der Waals surface area contributed by atoms with Gasteiger partial charge in [-0.1, -0.05) is 44.6 Å². The molecule has 13 heavy (non-hydrogen) atoms. The number of hydrogen-bond donors (Lipinski definition) is 0. The van der Waals surface area contributed by atoms with Gasteiger partial charge in [0.15, 0.2) is 0 Å². The van der Waals surface area contributed by atoms with Crippen LogP contribution in [0.25, 0.3) is 0 Å². The zero-order valence-corrected chi connectivity index (χ0v) is 8.92. The average Bonchev–Trinajstić information content (AvgIpc) is 2.22. The standard InChI is InChI=1S/C10H14O.C2H6/c1-9(8-11)7-10-5-3-2-4-6-10;1-2/h3,5-6,8-9H,2,4,7H2,1H3;1-2H3/t9-;/m0./s1. The topological polar surface area (TPSA) is 17.1 Å². The van der Waals surface area contributed by atoms with Crippen LogP contribution in [0.15, 0.2) is 23.8 Å². The van der Waals surface area contributed by atoms with Crippen molar-refractivity contribution in [2.45, 2.75) is 40.0 Å². The SMILES string of the molecule is CC.C[C@H](C=O)CC1=CCCC=C1. The molecule has 1 aliphatic rings. The summed E-state index contributed by atoms with van der Waals surface area (Å²) in [4.78, 5) is 10.3. The molecule has 1 atom stereocenters. The van der Waals surface area contributed by atoms with Crippen molar-refractivity contribution in [3.63, 3.8) is 0 Å². The molecule has 1 nitrogen and oxygen atoms in total. The van der Waals surface area contributed by atoms with Crippen LogP contribution in [0.5, 0.6) is 0 Å². The maximum atomic E-state index is 10.3. The summed E-state index contributed by atoms with van der Waals surface area (Å²) in [6.45, 7) is 5.95. The van der Waals surface area contributed by atoms with Gasteiger partial charge < -0.3 is 4.79 Å². The molecule has 0 N–H and O–H groups in total. The lowest BCUT2D eigenvalue weighted by Crippen LogP contribution is -1.97. The van der Waals surface area contributed by atoms with Gasteiger partial charge in [-0.25, -0.2) is 0 Å². The molecule has 0 aliphatic heterocycles.